The second kappa shape index (κ2) is 4.09. The van der Waals surface area contributed by atoms with Crippen molar-refractivity contribution in [3.63, 3.8) is 0 Å². The number of halogens is 2. The van der Waals surface area contributed by atoms with Crippen LogP contribution in [0.1, 0.15) is 5.82 Å². The van der Waals surface area contributed by atoms with Crippen molar-refractivity contribution in [1.82, 2.24) is 9.97 Å². The normalized spacial score (nSPS) is 10.7. The Morgan fingerprint density at radius 1 is 1.33 bits per heavy atom. The molecule has 5 heteroatoms. The Kier molecular flexibility index (Phi) is 2.97. The fraction of sp³-hybridized carbons (Fsp3) is 0.200. The van der Waals surface area contributed by atoms with Gasteiger partial charge in [0, 0.05) is 11.5 Å². The molecule has 0 saturated carbocycles. The molecule has 0 aliphatic rings. The van der Waals surface area contributed by atoms with Gasteiger partial charge < -0.3 is 4.74 Å². The number of hydrogen-bond acceptors (Lipinski definition) is 3. The summed E-state index contributed by atoms with van der Waals surface area (Å²) >= 11 is 8.23. The number of hydrogen-bond donors (Lipinski definition) is 0. The van der Waals surface area contributed by atoms with E-state index in [2.05, 4.69) is 32.6 Å². The summed E-state index contributed by atoms with van der Waals surface area (Å²) in [4.78, 5) is 8.42. The molecule has 0 radical (unpaired) electrons. The summed E-state index contributed by atoms with van der Waals surface area (Å²) < 4.78 is 6.22. The lowest BCUT2D eigenvalue weighted by Crippen LogP contribution is -1.93. The van der Waals surface area contributed by atoms with Gasteiger partial charge in [0.2, 0.25) is 0 Å². The van der Waals surface area contributed by atoms with Crippen LogP contribution in [0.25, 0.3) is 10.9 Å². The molecule has 15 heavy (non-hydrogen) atoms. The predicted octanol–water partition coefficient (Wildman–Crippen LogP) is 3.20. The van der Waals surface area contributed by atoms with Crippen LogP contribution in [0, 0.1) is 10.5 Å². The standard InChI is InChI=1S/C10H8ClIN2O/c1-5-13-8-4-9(15-2)7(12)3-6(8)10(11)14-5/h3-4H,1-2H3. The van der Waals surface area contributed by atoms with Gasteiger partial charge >= 0.3 is 0 Å². The van der Waals surface area contributed by atoms with Crippen molar-refractivity contribution in [2.75, 3.05) is 7.11 Å². The van der Waals surface area contributed by atoms with Crippen LogP contribution in [-0.4, -0.2) is 17.1 Å². The van der Waals surface area contributed by atoms with E-state index in [1.165, 1.54) is 0 Å². The number of rotatable bonds is 1. The van der Waals surface area contributed by atoms with E-state index in [9.17, 15) is 0 Å². The van der Waals surface area contributed by atoms with E-state index in [4.69, 9.17) is 16.3 Å². The molecule has 2 aromatic rings. The van der Waals surface area contributed by atoms with E-state index in [-0.39, 0.29) is 0 Å². The van der Waals surface area contributed by atoms with E-state index in [0.717, 1.165) is 20.2 Å². The zero-order valence-electron chi connectivity index (χ0n) is 8.21. The lowest BCUT2D eigenvalue weighted by molar-refractivity contribution is 0.412. The summed E-state index contributed by atoms with van der Waals surface area (Å²) in [6, 6.07) is 3.80. The molecule has 0 unspecified atom stereocenters. The number of aryl methyl sites for hydroxylation is 1. The van der Waals surface area contributed by atoms with Gasteiger partial charge in [-0.3, -0.25) is 0 Å². The maximum absolute atomic E-state index is 6.03. The molecular weight excluding hydrogens is 326 g/mol. The molecule has 78 valence electrons. The minimum absolute atomic E-state index is 0.484. The average molecular weight is 335 g/mol. The van der Waals surface area contributed by atoms with Crippen LogP contribution >= 0.6 is 34.2 Å². The Labute approximate surface area is 106 Å². The molecule has 0 atom stereocenters. The quantitative estimate of drug-likeness (QED) is 0.593. The molecule has 3 nitrogen and oxygen atoms in total. The van der Waals surface area contributed by atoms with Gasteiger partial charge in [-0.2, -0.15) is 0 Å². The summed E-state index contributed by atoms with van der Waals surface area (Å²) in [7, 11) is 1.64. The third-order valence-electron chi connectivity index (χ3n) is 2.03. The van der Waals surface area contributed by atoms with Gasteiger partial charge in [0.15, 0.2) is 0 Å². The first-order chi connectivity index (χ1) is 7.11. The van der Waals surface area contributed by atoms with E-state index >= 15 is 0 Å². The number of aromatic nitrogens is 2. The van der Waals surface area contributed by atoms with Gasteiger partial charge in [0.1, 0.15) is 16.7 Å². The predicted molar refractivity (Wildman–Crippen MR) is 68.6 cm³/mol. The van der Waals surface area contributed by atoms with Crippen molar-refractivity contribution < 1.29 is 4.74 Å². The van der Waals surface area contributed by atoms with Crippen LogP contribution in [-0.2, 0) is 0 Å². The summed E-state index contributed by atoms with van der Waals surface area (Å²) in [5.41, 5.74) is 0.810. The first-order valence-corrected chi connectivity index (χ1v) is 5.75. The van der Waals surface area contributed by atoms with Crippen LogP contribution in [0.4, 0.5) is 0 Å². The number of benzene rings is 1. The molecule has 1 heterocycles. The van der Waals surface area contributed by atoms with Crippen molar-refractivity contribution in [1.29, 1.82) is 0 Å². The Balaban J connectivity index is 2.81. The number of nitrogens with zero attached hydrogens (tertiary/aromatic N) is 2. The summed E-state index contributed by atoms with van der Waals surface area (Å²) in [5.74, 6) is 1.47. The van der Waals surface area contributed by atoms with Gasteiger partial charge in [0.05, 0.1) is 16.2 Å². The van der Waals surface area contributed by atoms with Gasteiger partial charge in [0.25, 0.3) is 0 Å². The van der Waals surface area contributed by atoms with Crippen molar-refractivity contribution in [2.45, 2.75) is 6.92 Å². The third kappa shape index (κ3) is 2.01. The summed E-state index contributed by atoms with van der Waals surface area (Å²) in [5, 5.41) is 1.34. The maximum Gasteiger partial charge on any atom is 0.140 e. The molecule has 0 spiro atoms. The molecule has 0 saturated heterocycles. The van der Waals surface area contributed by atoms with E-state index in [0.29, 0.717) is 11.0 Å². The highest BCUT2D eigenvalue weighted by atomic mass is 127. The molecule has 0 aliphatic carbocycles. The average Bonchev–Trinajstić information content (AvgIpc) is 2.18. The number of ether oxygens (including phenoxy) is 1. The second-order valence-electron chi connectivity index (χ2n) is 3.07. The minimum Gasteiger partial charge on any atom is -0.496 e. The Bertz CT molecular complexity index is 530. The molecule has 0 fully saturated rings. The molecule has 1 aromatic heterocycles. The fourth-order valence-electron chi connectivity index (χ4n) is 1.36. The number of fused-ring (bicyclic) bond motifs is 1. The lowest BCUT2D eigenvalue weighted by atomic mass is 10.2. The SMILES string of the molecule is COc1cc2nc(C)nc(Cl)c2cc1I. The first-order valence-electron chi connectivity index (χ1n) is 4.29. The summed E-state index contributed by atoms with van der Waals surface area (Å²) in [6.07, 6.45) is 0. The van der Waals surface area contributed by atoms with E-state index in [1.54, 1.807) is 7.11 Å². The van der Waals surface area contributed by atoms with Crippen LogP contribution in [0.15, 0.2) is 12.1 Å². The van der Waals surface area contributed by atoms with Crippen LogP contribution in [0.5, 0.6) is 5.75 Å². The first kappa shape index (κ1) is 10.9. The van der Waals surface area contributed by atoms with Crippen molar-refractivity contribution >= 4 is 45.1 Å². The smallest absolute Gasteiger partial charge is 0.140 e. The Morgan fingerprint density at radius 2 is 2.07 bits per heavy atom. The summed E-state index contributed by atoms with van der Waals surface area (Å²) in [6.45, 7) is 1.82. The molecule has 2 rings (SSSR count). The largest absolute Gasteiger partial charge is 0.496 e. The Morgan fingerprint density at radius 3 is 2.73 bits per heavy atom. The Hall–Kier alpha value is -0.620. The monoisotopic (exact) mass is 334 g/mol. The number of methoxy groups -OCH3 is 1. The van der Waals surface area contributed by atoms with Crippen LogP contribution < -0.4 is 4.74 Å². The molecule has 0 bridgehead atoms. The minimum atomic E-state index is 0.484. The molecule has 0 amide bonds. The molecule has 1 aromatic carbocycles. The lowest BCUT2D eigenvalue weighted by Gasteiger charge is -2.06. The molecular formula is C10H8ClIN2O. The van der Waals surface area contributed by atoms with Gasteiger partial charge in [-0.15, -0.1) is 0 Å². The zero-order chi connectivity index (χ0) is 11.0. The highest BCUT2D eigenvalue weighted by molar-refractivity contribution is 14.1. The topological polar surface area (TPSA) is 35.0 Å². The second-order valence-corrected chi connectivity index (χ2v) is 4.59. The van der Waals surface area contributed by atoms with Crippen molar-refractivity contribution in [2.24, 2.45) is 0 Å². The van der Waals surface area contributed by atoms with Gasteiger partial charge in [-0.1, -0.05) is 11.6 Å². The zero-order valence-corrected chi connectivity index (χ0v) is 11.1. The van der Waals surface area contributed by atoms with Gasteiger partial charge in [-0.25, -0.2) is 9.97 Å². The highest BCUT2D eigenvalue weighted by Gasteiger charge is 2.08. The molecule has 0 aliphatic heterocycles. The maximum atomic E-state index is 6.03. The van der Waals surface area contributed by atoms with E-state index in [1.807, 2.05) is 19.1 Å². The van der Waals surface area contributed by atoms with Crippen LogP contribution in [0.2, 0.25) is 5.15 Å². The highest BCUT2D eigenvalue weighted by Crippen LogP contribution is 2.29. The fourth-order valence-corrected chi connectivity index (χ4v) is 2.32. The van der Waals surface area contributed by atoms with Crippen molar-refractivity contribution in [3.8, 4) is 5.75 Å². The van der Waals surface area contributed by atoms with Crippen LogP contribution in [0.3, 0.4) is 0 Å². The van der Waals surface area contributed by atoms with Crippen molar-refractivity contribution in [3.05, 3.63) is 26.7 Å². The van der Waals surface area contributed by atoms with E-state index < -0.39 is 0 Å². The third-order valence-corrected chi connectivity index (χ3v) is 3.17. The molecule has 0 N–H and O–H groups in total. The van der Waals surface area contributed by atoms with Gasteiger partial charge in [-0.05, 0) is 35.6 Å².